The van der Waals surface area contributed by atoms with Gasteiger partial charge in [0.2, 0.25) is 5.91 Å². The summed E-state index contributed by atoms with van der Waals surface area (Å²) >= 11 is 0. The first-order chi connectivity index (χ1) is 18.2. The van der Waals surface area contributed by atoms with E-state index >= 15 is 0 Å². The molecule has 1 amide bonds. The standard InChI is InChI=1S/C29H37N5O3/c1-2-34-27-19-24(37-16-12-31-11-13-33-14-17-36-18-15-33)9-10-25(27)26(20-30)28(34)21-5-7-23(8-6-21)32-29(35)22-3-4-22/h5-10,19,22,26,28,31H,2-4,11-18H2,1H3,(H,32,35). The number of nitrogens with zero attached hydrogens (tertiary/aromatic N) is 3. The maximum absolute atomic E-state index is 12.1. The van der Waals surface area contributed by atoms with Gasteiger partial charge < -0.3 is 25.0 Å². The number of hydrogen-bond donors (Lipinski definition) is 2. The summed E-state index contributed by atoms with van der Waals surface area (Å²) in [5.74, 6) is 0.830. The Morgan fingerprint density at radius 2 is 1.92 bits per heavy atom. The van der Waals surface area contributed by atoms with E-state index in [4.69, 9.17) is 9.47 Å². The molecule has 3 aliphatic rings. The third-order valence-corrected chi connectivity index (χ3v) is 7.50. The lowest BCUT2D eigenvalue weighted by Crippen LogP contribution is -2.40. The number of nitriles is 1. The van der Waals surface area contributed by atoms with E-state index in [0.717, 1.165) is 93.6 Å². The first-order valence-corrected chi connectivity index (χ1v) is 13.5. The van der Waals surface area contributed by atoms with Crippen molar-refractivity contribution in [1.29, 1.82) is 5.26 Å². The van der Waals surface area contributed by atoms with Crippen LogP contribution >= 0.6 is 0 Å². The van der Waals surface area contributed by atoms with E-state index in [-0.39, 0.29) is 23.8 Å². The lowest BCUT2D eigenvalue weighted by molar-refractivity contribution is -0.117. The molecule has 1 saturated carbocycles. The van der Waals surface area contributed by atoms with Crippen LogP contribution in [0.15, 0.2) is 42.5 Å². The first kappa shape index (κ1) is 25.5. The average Bonchev–Trinajstić information content (AvgIpc) is 3.74. The molecule has 2 aliphatic heterocycles. The van der Waals surface area contributed by atoms with Gasteiger partial charge in [-0.25, -0.2) is 0 Å². The Labute approximate surface area is 219 Å². The van der Waals surface area contributed by atoms with Gasteiger partial charge in [-0.05, 0) is 49.1 Å². The topological polar surface area (TPSA) is 89.9 Å². The Hall–Kier alpha value is -3.12. The molecule has 37 heavy (non-hydrogen) atoms. The fraction of sp³-hybridized carbons (Fsp3) is 0.517. The Morgan fingerprint density at radius 1 is 1.14 bits per heavy atom. The highest BCUT2D eigenvalue weighted by molar-refractivity contribution is 5.94. The summed E-state index contributed by atoms with van der Waals surface area (Å²) in [7, 11) is 0. The minimum absolute atomic E-state index is 0.0738. The van der Waals surface area contributed by atoms with E-state index < -0.39 is 0 Å². The van der Waals surface area contributed by atoms with Gasteiger partial charge in [-0.2, -0.15) is 5.26 Å². The SMILES string of the molecule is CCN1c2cc(OCCNCCN3CCOCC3)ccc2C(C#N)C1c1ccc(NC(=O)C2CC2)cc1. The first-order valence-electron chi connectivity index (χ1n) is 13.5. The molecule has 8 heteroatoms. The molecular weight excluding hydrogens is 466 g/mol. The van der Waals surface area contributed by atoms with Crippen molar-refractivity contribution >= 4 is 17.3 Å². The molecule has 2 heterocycles. The van der Waals surface area contributed by atoms with Crippen molar-refractivity contribution in [3.05, 3.63) is 53.6 Å². The molecule has 2 N–H and O–H groups in total. The van der Waals surface area contributed by atoms with E-state index in [1.165, 1.54) is 0 Å². The number of ether oxygens (including phenoxy) is 2. The van der Waals surface area contributed by atoms with Crippen molar-refractivity contribution < 1.29 is 14.3 Å². The van der Waals surface area contributed by atoms with Gasteiger partial charge in [0.05, 0.1) is 31.2 Å². The van der Waals surface area contributed by atoms with Gasteiger partial charge in [0.15, 0.2) is 0 Å². The van der Waals surface area contributed by atoms with Crippen LogP contribution in [0.3, 0.4) is 0 Å². The number of carbonyl (C=O) groups excluding carboxylic acids is 1. The van der Waals surface area contributed by atoms with Crippen molar-refractivity contribution in [2.24, 2.45) is 5.92 Å². The Kier molecular flexibility index (Phi) is 8.24. The fourth-order valence-corrected chi connectivity index (χ4v) is 5.29. The zero-order chi connectivity index (χ0) is 25.6. The van der Waals surface area contributed by atoms with Crippen LogP contribution in [0, 0.1) is 17.2 Å². The summed E-state index contributed by atoms with van der Waals surface area (Å²) in [6.07, 6.45) is 1.97. The summed E-state index contributed by atoms with van der Waals surface area (Å²) in [5, 5.41) is 16.6. The molecule has 2 aromatic rings. The molecule has 0 radical (unpaired) electrons. The number of carbonyl (C=O) groups is 1. The zero-order valence-corrected chi connectivity index (χ0v) is 21.6. The summed E-state index contributed by atoms with van der Waals surface area (Å²) in [6.45, 7) is 9.90. The van der Waals surface area contributed by atoms with Gasteiger partial charge in [-0.1, -0.05) is 18.2 Å². The van der Waals surface area contributed by atoms with Gasteiger partial charge in [0, 0.05) is 62.6 Å². The van der Waals surface area contributed by atoms with E-state index in [0.29, 0.717) is 6.61 Å². The van der Waals surface area contributed by atoms with Crippen molar-refractivity contribution in [3.63, 3.8) is 0 Å². The van der Waals surface area contributed by atoms with Crippen LogP contribution in [-0.4, -0.2) is 69.9 Å². The summed E-state index contributed by atoms with van der Waals surface area (Å²) < 4.78 is 11.5. The van der Waals surface area contributed by atoms with Crippen molar-refractivity contribution in [2.45, 2.75) is 31.7 Å². The van der Waals surface area contributed by atoms with Gasteiger partial charge >= 0.3 is 0 Å². The van der Waals surface area contributed by atoms with E-state index in [9.17, 15) is 10.1 Å². The molecule has 2 unspecified atom stereocenters. The number of nitrogens with one attached hydrogen (secondary N) is 2. The second-order valence-electron chi connectivity index (χ2n) is 10.00. The van der Waals surface area contributed by atoms with Gasteiger partial charge in [0.25, 0.3) is 0 Å². The molecule has 2 atom stereocenters. The number of amides is 1. The summed E-state index contributed by atoms with van der Waals surface area (Å²) in [5.41, 5.74) is 3.97. The predicted molar refractivity (Wildman–Crippen MR) is 144 cm³/mol. The molecule has 5 rings (SSSR count). The smallest absolute Gasteiger partial charge is 0.227 e. The molecule has 196 valence electrons. The highest BCUT2D eigenvalue weighted by atomic mass is 16.5. The normalized spacial score (nSPS) is 21.4. The number of hydrogen-bond acceptors (Lipinski definition) is 7. The third-order valence-electron chi connectivity index (χ3n) is 7.50. The largest absolute Gasteiger partial charge is 0.492 e. The number of benzene rings is 2. The number of likely N-dealkylation sites (N-methyl/N-ethyl adjacent to an activating group) is 1. The molecule has 2 fully saturated rings. The van der Waals surface area contributed by atoms with Crippen LogP contribution in [0.1, 0.15) is 42.9 Å². The van der Waals surface area contributed by atoms with Crippen molar-refractivity contribution in [3.8, 4) is 11.8 Å². The van der Waals surface area contributed by atoms with Crippen LogP contribution in [0.5, 0.6) is 5.75 Å². The lowest BCUT2D eigenvalue weighted by Gasteiger charge is -2.28. The summed E-state index contributed by atoms with van der Waals surface area (Å²) in [4.78, 5) is 16.8. The highest BCUT2D eigenvalue weighted by Crippen LogP contribution is 2.49. The fourth-order valence-electron chi connectivity index (χ4n) is 5.29. The zero-order valence-electron chi connectivity index (χ0n) is 21.6. The van der Waals surface area contributed by atoms with E-state index in [2.05, 4.69) is 39.5 Å². The van der Waals surface area contributed by atoms with Crippen LogP contribution in [0.4, 0.5) is 11.4 Å². The maximum atomic E-state index is 12.1. The lowest BCUT2D eigenvalue weighted by atomic mass is 9.91. The monoisotopic (exact) mass is 503 g/mol. The van der Waals surface area contributed by atoms with Crippen molar-refractivity contribution in [2.75, 3.05) is 69.3 Å². The van der Waals surface area contributed by atoms with Gasteiger partial charge in [-0.3, -0.25) is 9.69 Å². The average molecular weight is 504 g/mol. The molecule has 8 nitrogen and oxygen atoms in total. The molecule has 0 bridgehead atoms. The Balaban J connectivity index is 1.18. The van der Waals surface area contributed by atoms with Gasteiger partial charge in [-0.15, -0.1) is 0 Å². The van der Waals surface area contributed by atoms with E-state index in [1.807, 2.05) is 36.4 Å². The Morgan fingerprint density at radius 3 is 2.62 bits per heavy atom. The summed E-state index contributed by atoms with van der Waals surface area (Å²) in [6, 6.07) is 16.5. The number of morpholine rings is 1. The quantitative estimate of drug-likeness (QED) is 0.454. The second-order valence-corrected chi connectivity index (χ2v) is 10.00. The molecule has 0 spiro atoms. The number of anilines is 2. The number of fused-ring (bicyclic) bond motifs is 1. The van der Waals surface area contributed by atoms with Crippen molar-refractivity contribution in [1.82, 2.24) is 10.2 Å². The molecule has 1 saturated heterocycles. The van der Waals surface area contributed by atoms with Gasteiger partial charge in [0.1, 0.15) is 12.4 Å². The van der Waals surface area contributed by atoms with Crippen LogP contribution in [0.2, 0.25) is 0 Å². The molecule has 1 aliphatic carbocycles. The maximum Gasteiger partial charge on any atom is 0.227 e. The highest BCUT2D eigenvalue weighted by Gasteiger charge is 2.39. The molecule has 2 aromatic carbocycles. The number of rotatable bonds is 11. The van der Waals surface area contributed by atoms with Crippen LogP contribution in [-0.2, 0) is 9.53 Å². The minimum atomic E-state index is -0.266. The van der Waals surface area contributed by atoms with Crippen LogP contribution < -0.4 is 20.3 Å². The molecular formula is C29H37N5O3. The second kappa shape index (κ2) is 12.0. The van der Waals surface area contributed by atoms with Crippen LogP contribution in [0.25, 0.3) is 0 Å². The molecule has 0 aromatic heterocycles. The van der Waals surface area contributed by atoms with E-state index in [1.54, 1.807) is 0 Å². The predicted octanol–water partition coefficient (Wildman–Crippen LogP) is 3.52. The minimum Gasteiger partial charge on any atom is -0.492 e. The third kappa shape index (κ3) is 6.07. The Bertz CT molecular complexity index is 1110.